The Hall–Kier alpha value is -3.51. The first kappa shape index (κ1) is 21.7. The van der Waals surface area contributed by atoms with Crippen molar-refractivity contribution < 1.29 is 14.6 Å². The Morgan fingerprint density at radius 3 is 2.28 bits per heavy atom. The summed E-state index contributed by atoms with van der Waals surface area (Å²) in [6.07, 6.45) is 0. The number of rotatable bonds is 7. The van der Waals surface area contributed by atoms with Crippen LogP contribution in [0.5, 0.6) is 11.5 Å². The van der Waals surface area contributed by atoms with Crippen molar-refractivity contribution in [2.45, 2.75) is 13.0 Å². The molecule has 2 N–H and O–H groups in total. The van der Waals surface area contributed by atoms with Gasteiger partial charge in [-0.3, -0.25) is 9.69 Å². The van der Waals surface area contributed by atoms with Crippen molar-refractivity contribution >= 4 is 17.3 Å². The number of aromatic hydroxyl groups is 1. The summed E-state index contributed by atoms with van der Waals surface area (Å²) in [5.41, 5.74) is 2.73. The molecule has 1 unspecified atom stereocenters. The summed E-state index contributed by atoms with van der Waals surface area (Å²) < 4.78 is 5.69. The highest BCUT2D eigenvalue weighted by atomic mass is 16.5. The van der Waals surface area contributed by atoms with E-state index in [1.54, 1.807) is 12.1 Å². The number of hydrogen-bond donors (Lipinski definition) is 2. The molecule has 166 valence electrons. The van der Waals surface area contributed by atoms with Gasteiger partial charge in [0.15, 0.2) is 0 Å². The van der Waals surface area contributed by atoms with Crippen LogP contribution < -0.4 is 15.0 Å². The van der Waals surface area contributed by atoms with E-state index in [2.05, 4.69) is 15.1 Å². The summed E-state index contributed by atoms with van der Waals surface area (Å²) in [4.78, 5) is 18.0. The molecule has 0 aromatic heterocycles. The van der Waals surface area contributed by atoms with Crippen LogP contribution in [0.4, 0.5) is 11.4 Å². The monoisotopic (exact) mass is 431 g/mol. The van der Waals surface area contributed by atoms with Crippen LogP contribution in [0, 0.1) is 0 Å². The summed E-state index contributed by atoms with van der Waals surface area (Å²) in [7, 11) is 0. The predicted octanol–water partition coefficient (Wildman–Crippen LogP) is 4.29. The van der Waals surface area contributed by atoms with Gasteiger partial charge in [-0.05, 0) is 48.9 Å². The number of carbonyl (C=O) groups excluding carboxylic acids is 1. The van der Waals surface area contributed by atoms with Crippen LogP contribution in [-0.2, 0) is 4.79 Å². The maximum atomic E-state index is 13.5. The fourth-order valence-electron chi connectivity index (χ4n) is 4.12. The van der Waals surface area contributed by atoms with Crippen LogP contribution in [0.3, 0.4) is 0 Å². The molecule has 0 radical (unpaired) electrons. The molecule has 6 nitrogen and oxygen atoms in total. The van der Waals surface area contributed by atoms with E-state index in [0.29, 0.717) is 18.0 Å². The minimum absolute atomic E-state index is 0.0681. The third-order valence-electron chi connectivity index (χ3n) is 5.70. The summed E-state index contributed by atoms with van der Waals surface area (Å²) in [6.45, 7) is 5.57. The topological polar surface area (TPSA) is 65.0 Å². The second kappa shape index (κ2) is 10.2. The standard InChI is InChI=1S/C26H29N3O3/c1-2-32-24-11-7-6-10-23(24)27-26(31)25(20-8-4-3-5-9-20)29-18-16-28(17-19-29)21-12-14-22(30)15-13-21/h3-15,25,30H,2,16-19H2,1H3,(H,27,31). The average molecular weight is 432 g/mol. The van der Waals surface area contributed by atoms with Gasteiger partial charge in [-0.2, -0.15) is 0 Å². The van der Waals surface area contributed by atoms with Crippen LogP contribution in [-0.4, -0.2) is 48.7 Å². The number of ether oxygens (including phenoxy) is 1. The molecule has 1 atom stereocenters. The molecule has 0 saturated carbocycles. The van der Waals surface area contributed by atoms with E-state index in [1.165, 1.54) is 0 Å². The lowest BCUT2D eigenvalue weighted by atomic mass is 10.0. The molecular weight excluding hydrogens is 402 g/mol. The van der Waals surface area contributed by atoms with Gasteiger partial charge in [0, 0.05) is 31.9 Å². The van der Waals surface area contributed by atoms with Crippen LogP contribution in [0.25, 0.3) is 0 Å². The van der Waals surface area contributed by atoms with Gasteiger partial charge in [0.05, 0.1) is 12.3 Å². The van der Waals surface area contributed by atoms with E-state index >= 15 is 0 Å². The van der Waals surface area contributed by atoms with Crippen molar-refractivity contribution in [2.24, 2.45) is 0 Å². The second-order valence-electron chi connectivity index (χ2n) is 7.77. The van der Waals surface area contributed by atoms with Crippen molar-refractivity contribution in [3.63, 3.8) is 0 Å². The third kappa shape index (κ3) is 5.03. The zero-order valence-corrected chi connectivity index (χ0v) is 18.3. The van der Waals surface area contributed by atoms with Gasteiger partial charge in [0.1, 0.15) is 17.5 Å². The Balaban J connectivity index is 1.52. The van der Waals surface area contributed by atoms with E-state index < -0.39 is 6.04 Å². The maximum absolute atomic E-state index is 13.5. The largest absolute Gasteiger partial charge is 0.508 e. The highest BCUT2D eigenvalue weighted by Gasteiger charge is 2.31. The molecule has 1 amide bonds. The third-order valence-corrected chi connectivity index (χ3v) is 5.70. The number of nitrogens with zero attached hydrogens (tertiary/aromatic N) is 2. The Bertz CT molecular complexity index is 1020. The van der Waals surface area contributed by atoms with Gasteiger partial charge in [-0.1, -0.05) is 42.5 Å². The molecule has 4 rings (SSSR count). The van der Waals surface area contributed by atoms with E-state index in [4.69, 9.17) is 4.74 Å². The van der Waals surface area contributed by atoms with Crippen LogP contribution >= 0.6 is 0 Å². The van der Waals surface area contributed by atoms with Crippen molar-refractivity contribution in [2.75, 3.05) is 43.0 Å². The molecule has 32 heavy (non-hydrogen) atoms. The highest BCUT2D eigenvalue weighted by molar-refractivity contribution is 5.96. The average Bonchev–Trinajstić information content (AvgIpc) is 2.82. The number of anilines is 2. The lowest BCUT2D eigenvalue weighted by molar-refractivity contribution is -0.121. The number of amides is 1. The Morgan fingerprint density at radius 1 is 0.938 bits per heavy atom. The van der Waals surface area contributed by atoms with E-state index in [0.717, 1.165) is 37.4 Å². The minimum Gasteiger partial charge on any atom is -0.508 e. The van der Waals surface area contributed by atoms with Crippen LogP contribution in [0.2, 0.25) is 0 Å². The normalized spacial score (nSPS) is 15.2. The van der Waals surface area contributed by atoms with Gasteiger partial charge in [-0.25, -0.2) is 0 Å². The van der Waals surface area contributed by atoms with Crippen molar-refractivity contribution in [1.29, 1.82) is 0 Å². The fourth-order valence-corrected chi connectivity index (χ4v) is 4.12. The number of carbonyl (C=O) groups is 1. The Kier molecular flexibility index (Phi) is 6.92. The summed E-state index contributed by atoms with van der Waals surface area (Å²) in [5, 5.41) is 12.6. The molecular formula is C26H29N3O3. The molecule has 3 aromatic carbocycles. The Morgan fingerprint density at radius 2 is 1.59 bits per heavy atom. The number of hydrogen-bond acceptors (Lipinski definition) is 5. The van der Waals surface area contributed by atoms with Gasteiger partial charge in [0.25, 0.3) is 0 Å². The summed E-state index contributed by atoms with van der Waals surface area (Å²) in [6, 6.07) is 24.3. The zero-order valence-electron chi connectivity index (χ0n) is 18.3. The molecule has 1 aliphatic heterocycles. The molecule has 0 spiro atoms. The summed E-state index contributed by atoms with van der Waals surface area (Å²) >= 11 is 0. The Labute approximate surface area is 189 Å². The van der Waals surface area contributed by atoms with Gasteiger partial charge in [-0.15, -0.1) is 0 Å². The van der Waals surface area contributed by atoms with Crippen LogP contribution in [0.15, 0.2) is 78.9 Å². The molecule has 1 heterocycles. The molecule has 1 aliphatic rings. The first-order valence-electron chi connectivity index (χ1n) is 11.0. The molecule has 1 fully saturated rings. The molecule has 0 bridgehead atoms. The fraction of sp³-hybridized carbons (Fsp3) is 0.269. The zero-order chi connectivity index (χ0) is 22.3. The quantitative estimate of drug-likeness (QED) is 0.584. The SMILES string of the molecule is CCOc1ccccc1NC(=O)C(c1ccccc1)N1CCN(c2ccc(O)cc2)CC1. The number of nitrogens with one attached hydrogen (secondary N) is 1. The van der Waals surface area contributed by atoms with E-state index in [1.807, 2.05) is 73.7 Å². The van der Waals surface area contributed by atoms with Gasteiger partial charge >= 0.3 is 0 Å². The number of benzene rings is 3. The van der Waals surface area contributed by atoms with Crippen LogP contribution in [0.1, 0.15) is 18.5 Å². The van der Waals surface area contributed by atoms with Crippen molar-refractivity contribution in [3.8, 4) is 11.5 Å². The molecule has 3 aromatic rings. The summed E-state index contributed by atoms with van der Waals surface area (Å²) in [5.74, 6) is 0.870. The van der Waals surface area contributed by atoms with E-state index in [-0.39, 0.29) is 11.7 Å². The number of piperazine rings is 1. The number of phenols is 1. The van der Waals surface area contributed by atoms with Gasteiger partial charge in [0.2, 0.25) is 5.91 Å². The minimum atomic E-state index is -0.396. The molecule has 1 saturated heterocycles. The van der Waals surface area contributed by atoms with Crippen molar-refractivity contribution in [1.82, 2.24) is 4.90 Å². The number of phenolic OH excluding ortho intramolecular Hbond substituents is 1. The molecule has 6 heteroatoms. The van der Waals surface area contributed by atoms with Gasteiger partial charge < -0.3 is 20.1 Å². The first-order valence-corrected chi connectivity index (χ1v) is 11.0. The predicted molar refractivity (Wildman–Crippen MR) is 127 cm³/mol. The lowest BCUT2D eigenvalue weighted by Gasteiger charge is -2.39. The first-order chi connectivity index (χ1) is 15.7. The highest BCUT2D eigenvalue weighted by Crippen LogP contribution is 2.29. The van der Waals surface area contributed by atoms with Crippen molar-refractivity contribution in [3.05, 3.63) is 84.4 Å². The lowest BCUT2D eigenvalue weighted by Crippen LogP contribution is -2.50. The number of para-hydroxylation sites is 2. The maximum Gasteiger partial charge on any atom is 0.246 e. The second-order valence-corrected chi connectivity index (χ2v) is 7.77. The molecule has 0 aliphatic carbocycles. The smallest absolute Gasteiger partial charge is 0.246 e. The van der Waals surface area contributed by atoms with E-state index in [9.17, 15) is 9.90 Å².